The summed E-state index contributed by atoms with van der Waals surface area (Å²) in [4.78, 5) is 24.4. The Bertz CT molecular complexity index is 1080. The van der Waals surface area contributed by atoms with Crippen LogP contribution >= 0.6 is 31.9 Å². The fourth-order valence-electron chi connectivity index (χ4n) is 2.44. The molecule has 0 unspecified atom stereocenters. The van der Waals surface area contributed by atoms with Crippen LogP contribution in [0.4, 0.5) is 0 Å². The van der Waals surface area contributed by atoms with Crippen molar-refractivity contribution in [3.63, 3.8) is 0 Å². The standard InChI is InChI=1S/C23H18Br2N2O4/c1-15(30-18-12-8-17(24)9-13-18)22(28)27-26-14-16-6-10-19(11-7-16)31-23(29)20-4-2-3-5-21(20)25/h2-15H,1H3,(H,27,28)/b26-14-/t15-/m1/s1. The van der Waals surface area contributed by atoms with Gasteiger partial charge in [-0.25, -0.2) is 10.2 Å². The molecule has 31 heavy (non-hydrogen) atoms. The highest BCUT2D eigenvalue weighted by atomic mass is 79.9. The Balaban J connectivity index is 1.51. The van der Waals surface area contributed by atoms with E-state index in [2.05, 4.69) is 42.4 Å². The Morgan fingerprint density at radius 3 is 2.26 bits per heavy atom. The van der Waals surface area contributed by atoms with E-state index in [9.17, 15) is 9.59 Å². The molecule has 0 spiro atoms. The molecule has 3 rings (SSSR count). The lowest BCUT2D eigenvalue weighted by atomic mass is 10.2. The molecule has 1 amide bonds. The topological polar surface area (TPSA) is 77.0 Å². The van der Waals surface area contributed by atoms with Crippen LogP contribution in [-0.2, 0) is 4.79 Å². The molecule has 0 aromatic heterocycles. The maximum atomic E-state index is 12.2. The third-order valence-electron chi connectivity index (χ3n) is 4.07. The minimum absolute atomic E-state index is 0.377. The summed E-state index contributed by atoms with van der Waals surface area (Å²) in [5.41, 5.74) is 3.61. The van der Waals surface area contributed by atoms with Crippen LogP contribution in [0.3, 0.4) is 0 Å². The first-order valence-corrected chi connectivity index (χ1v) is 10.8. The number of hydrogen-bond donors (Lipinski definition) is 1. The normalized spacial score (nSPS) is 11.7. The quantitative estimate of drug-likeness (QED) is 0.188. The summed E-state index contributed by atoms with van der Waals surface area (Å²) in [6.45, 7) is 1.64. The number of halogens is 2. The Kier molecular flexibility index (Phi) is 7.97. The third kappa shape index (κ3) is 6.77. The van der Waals surface area contributed by atoms with Crippen molar-refractivity contribution in [1.82, 2.24) is 5.43 Å². The lowest BCUT2D eigenvalue weighted by molar-refractivity contribution is -0.127. The number of esters is 1. The molecule has 0 aliphatic rings. The first-order chi connectivity index (χ1) is 14.9. The monoisotopic (exact) mass is 544 g/mol. The number of amides is 1. The molecule has 3 aromatic carbocycles. The van der Waals surface area contributed by atoms with Gasteiger partial charge < -0.3 is 9.47 Å². The van der Waals surface area contributed by atoms with Gasteiger partial charge in [0.25, 0.3) is 5.91 Å². The van der Waals surface area contributed by atoms with Gasteiger partial charge in [0.15, 0.2) is 6.10 Å². The van der Waals surface area contributed by atoms with Gasteiger partial charge in [0.05, 0.1) is 11.8 Å². The van der Waals surface area contributed by atoms with Crippen LogP contribution in [0.25, 0.3) is 0 Å². The summed E-state index contributed by atoms with van der Waals surface area (Å²) in [6, 6.07) is 21.0. The Labute approximate surface area is 196 Å². The van der Waals surface area contributed by atoms with Crippen molar-refractivity contribution >= 4 is 50.0 Å². The van der Waals surface area contributed by atoms with Gasteiger partial charge in [0, 0.05) is 8.95 Å². The van der Waals surface area contributed by atoms with Crippen LogP contribution in [0.2, 0.25) is 0 Å². The molecule has 0 bridgehead atoms. The van der Waals surface area contributed by atoms with Crippen LogP contribution in [0.1, 0.15) is 22.8 Å². The highest BCUT2D eigenvalue weighted by Crippen LogP contribution is 2.20. The van der Waals surface area contributed by atoms with E-state index in [4.69, 9.17) is 9.47 Å². The van der Waals surface area contributed by atoms with Gasteiger partial charge in [0.1, 0.15) is 11.5 Å². The predicted octanol–water partition coefficient (Wildman–Crippen LogP) is 5.35. The van der Waals surface area contributed by atoms with Gasteiger partial charge in [-0.3, -0.25) is 4.79 Å². The molecule has 0 fully saturated rings. The summed E-state index contributed by atoms with van der Waals surface area (Å²) >= 11 is 6.68. The molecular weight excluding hydrogens is 528 g/mol. The SMILES string of the molecule is C[C@@H](Oc1ccc(Br)cc1)C(=O)N/N=C\c1ccc(OC(=O)c2ccccc2Br)cc1. The van der Waals surface area contributed by atoms with E-state index >= 15 is 0 Å². The van der Waals surface area contributed by atoms with E-state index in [1.165, 1.54) is 6.21 Å². The van der Waals surface area contributed by atoms with Crippen LogP contribution in [-0.4, -0.2) is 24.2 Å². The van der Waals surface area contributed by atoms with E-state index in [-0.39, 0.29) is 5.91 Å². The molecule has 0 heterocycles. The zero-order chi connectivity index (χ0) is 22.2. The number of carbonyl (C=O) groups excluding carboxylic acids is 2. The second-order valence-electron chi connectivity index (χ2n) is 6.39. The van der Waals surface area contributed by atoms with Crippen molar-refractivity contribution in [1.29, 1.82) is 0 Å². The molecule has 0 aliphatic heterocycles. The number of ether oxygens (including phenoxy) is 2. The van der Waals surface area contributed by atoms with Crippen LogP contribution in [0, 0.1) is 0 Å². The summed E-state index contributed by atoms with van der Waals surface area (Å²) in [7, 11) is 0. The van der Waals surface area contributed by atoms with Crippen molar-refractivity contribution in [2.24, 2.45) is 5.10 Å². The van der Waals surface area contributed by atoms with Crippen molar-refractivity contribution in [2.45, 2.75) is 13.0 Å². The summed E-state index contributed by atoms with van der Waals surface area (Å²) in [5.74, 6) is 0.153. The lowest BCUT2D eigenvalue weighted by Gasteiger charge is -2.12. The minimum Gasteiger partial charge on any atom is -0.481 e. The molecule has 8 heteroatoms. The zero-order valence-electron chi connectivity index (χ0n) is 16.4. The minimum atomic E-state index is -0.711. The number of hydrazone groups is 1. The first kappa shape index (κ1) is 22.7. The Morgan fingerprint density at radius 2 is 1.58 bits per heavy atom. The van der Waals surface area contributed by atoms with Gasteiger partial charge in [-0.2, -0.15) is 5.10 Å². The number of nitrogens with one attached hydrogen (secondary N) is 1. The van der Waals surface area contributed by atoms with Crippen molar-refractivity contribution in [3.05, 3.63) is 92.9 Å². The number of nitrogens with zero attached hydrogens (tertiary/aromatic N) is 1. The maximum Gasteiger partial charge on any atom is 0.344 e. The zero-order valence-corrected chi connectivity index (χ0v) is 19.6. The average Bonchev–Trinajstić information content (AvgIpc) is 2.76. The number of benzene rings is 3. The van der Waals surface area contributed by atoms with Crippen LogP contribution in [0.15, 0.2) is 86.8 Å². The van der Waals surface area contributed by atoms with Crippen molar-refractivity contribution in [3.8, 4) is 11.5 Å². The van der Waals surface area contributed by atoms with Gasteiger partial charge in [0.2, 0.25) is 0 Å². The van der Waals surface area contributed by atoms with E-state index < -0.39 is 12.1 Å². The van der Waals surface area contributed by atoms with Crippen molar-refractivity contribution in [2.75, 3.05) is 0 Å². The molecule has 6 nitrogen and oxygen atoms in total. The van der Waals surface area contributed by atoms with Gasteiger partial charge in [-0.1, -0.05) is 28.1 Å². The van der Waals surface area contributed by atoms with Gasteiger partial charge in [-0.15, -0.1) is 0 Å². The molecule has 1 N–H and O–H groups in total. The molecule has 0 aliphatic carbocycles. The first-order valence-electron chi connectivity index (χ1n) is 9.24. The summed E-state index contributed by atoms with van der Waals surface area (Å²) < 4.78 is 12.5. The maximum absolute atomic E-state index is 12.2. The van der Waals surface area contributed by atoms with Crippen LogP contribution in [0.5, 0.6) is 11.5 Å². The fourth-order valence-corrected chi connectivity index (χ4v) is 3.15. The second kappa shape index (κ2) is 10.9. The van der Waals surface area contributed by atoms with Gasteiger partial charge >= 0.3 is 5.97 Å². The second-order valence-corrected chi connectivity index (χ2v) is 8.16. The summed E-state index contributed by atoms with van der Waals surface area (Å²) in [6.07, 6.45) is 0.779. The highest BCUT2D eigenvalue weighted by molar-refractivity contribution is 9.10. The lowest BCUT2D eigenvalue weighted by Crippen LogP contribution is -2.33. The molecule has 0 radical (unpaired) electrons. The number of hydrogen-bond acceptors (Lipinski definition) is 5. The van der Waals surface area contributed by atoms with E-state index in [1.54, 1.807) is 61.5 Å². The predicted molar refractivity (Wildman–Crippen MR) is 126 cm³/mol. The molecular formula is C23H18Br2N2O4. The van der Waals surface area contributed by atoms with E-state index in [0.29, 0.717) is 21.5 Å². The Hall–Kier alpha value is -2.97. The van der Waals surface area contributed by atoms with E-state index in [0.717, 1.165) is 10.0 Å². The molecule has 0 saturated heterocycles. The molecule has 0 saturated carbocycles. The molecule has 1 atom stereocenters. The largest absolute Gasteiger partial charge is 0.481 e. The number of carbonyl (C=O) groups is 2. The number of rotatable bonds is 7. The van der Waals surface area contributed by atoms with E-state index in [1.807, 2.05) is 18.2 Å². The van der Waals surface area contributed by atoms with Crippen LogP contribution < -0.4 is 14.9 Å². The third-order valence-corrected chi connectivity index (χ3v) is 5.29. The Morgan fingerprint density at radius 1 is 0.935 bits per heavy atom. The molecule has 158 valence electrons. The smallest absolute Gasteiger partial charge is 0.344 e. The van der Waals surface area contributed by atoms with Crippen molar-refractivity contribution < 1.29 is 19.1 Å². The van der Waals surface area contributed by atoms with Gasteiger partial charge in [-0.05, 0) is 89.1 Å². The average molecular weight is 546 g/mol. The highest BCUT2D eigenvalue weighted by Gasteiger charge is 2.14. The summed E-state index contributed by atoms with van der Waals surface area (Å²) in [5, 5.41) is 3.94. The fraction of sp³-hybridized carbons (Fsp3) is 0.0870. The molecule has 3 aromatic rings.